The van der Waals surface area contributed by atoms with Crippen molar-refractivity contribution in [3.8, 4) is 0 Å². The highest BCUT2D eigenvalue weighted by molar-refractivity contribution is 5.82. The zero-order valence-electron chi connectivity index (χ0n) is 13.2. The van der Waals surface area contributed by atoms with Crippen LogP contribution in [0, 0.1) is 11.3 Å². The van der Waals surface area contributed by atoms with Gasteiger partial charge in [-0.3, -0.25) is 4.79 Å². The average Bonchev–Trinajstić information content (AvgIpc) is 2.96. The van der Waals surface area contributed by atoms with Crippen molar-refractivity contribution in [1.29, 1.82) is 0 Å². The lowest BCUT2D eigenvalue weighted by atomic mass is 9.84. The van der Waals surface area contributed by atoms with Gasteiger partial charge in [0.05, 0.1) is 0 Å². The molecule has 0 aromatic heterocycles. The van der Waals surface area contributed by atoms with E-state index in [9.17, 15) is 4.79 Å². The molecule has 0 unspecified atom stereocenters. The molecule has 2 heteroatoms. The molecule has 0 spiro atoms. The molecule has 21 heavy (non-hydrogen) atoms. The molecule has 2 aliphatic rings. The summed E-state index contributed by atoms with van der Waals surface area (Å²) in [4.78, 5) is 14.9. The summed E-state index contributed by atoms with van der Waals surface area (Å²) in [7, 11) is 0. The molecule has 1 saturated carbocycles. The lowest BCUT2D eigenvalue weighted by Crippen LogP contribution is -2.45. The predicted molar refractivity (Wildman–Crippen MR) is 86.0 cm³/mol. The van der Waals surface area contributed by atoms with Gasteiger partial charge in [0.2, 0.25) is 5.91 Å². The maximum atomic E-state index is 12.7. The van der Waals surface area contributed by atoms with Gasteiger partial charge in [0, 0.05) is 18.5 Å². The van der Waals surface area contributed by atoms with Crippen molar-refractivity contribution in [1.82, 2.24) is 4.90 Å². The summed E-state index contributed by atoms with van der Waals surface area (Å²) in [6.45, 7) is 4.11. The van der Waals surface area contributed by atoms with Crippen molar-refractivity contribution in [3.63, 3.8) is 0 Å². The average molecular weight is 285 g/mol. The summed E-state index contributed by atoms with van der Waals surface area (Å²) < 4.78 is 0. The molecular weight excluding hydrogens is 258 g/mol. The summed E-state index contributed by atoms with van der Waals surface area (Å²) >= 11 is 0. The third kappa shape index (κ3) is 3.30. The van der Waals surface area contributed by atoms with Crippen molar-refractivity contribution < 1.29 is 4.79 Å². The second-order valence-electron chi connectivity index (χ2n) is 7.19. The molecule has 1 aromatic carbocycles. The largest absolute Gasteiger partial charge is 0.342 e. The van der Waals surface area contributed by atoms with Crippen LogP contribution in [-0.2, 0) is 11.2 Å². The first-order valence-corrected chi connectivity index (χ1v) is 8.51. The van der Waals surface area contributed by atoms with Gasteiger partial charge < -0.3 is 4.90 Å². The van der Waals surface area contributed by atoms with Crippen LogP contribution in [0.25, 0.3) is 0 Å². The van der Waals surface area contributed by atoms with E-state index < -0.39 is 0 Å². The topological polar surface area (TPSA) is 20.3 Å². The van der Waals surface area contributed by atoms with Gasteiger partial charge in [-0.2, -0.15) is 0 Å². The van der Waals surface area contributed by atoms with Crippen LogP contribution in [0.2, 0.25) is 0 Å². The molecule has 0 bridgehead atoms. The Balaban J connectivity index is 1.52. The molecule has 1 aliphatic heterocycles. The Morgan fingerprint density at radius 1 is 1.14 bits per heavy atom. The van der Waals surface area contributed by atoms with Crippen molar-refractivity contribution in [2.24, 2.45) is 11.3 Å². The fourth-order valence-corrected chi connectivity index (χ4v) is 4.04. The van der Waals surface area contributed by atoms with Crippen molar-refractivity contribution in [2.45, 2.75) is 51.9 Å². The van der Waals surface area contributed by atoms with E-state index in [-0.39, 0.29) is 5.41 Å². The smallest absolute Gasteiger partial charge is 0.228 e. The number of carbonyl (C=O) groups excluding carboxylic acids is 1. The van der Waals surface area contributed by atoms with Crippen LogP contribution in [0.5, 0.6) is 0 Å². The highest BCUT2D eigenvalue weighted by Gasteiger charge is 2.39. The Kier molecular flexibility index (Phi) is 4.32. The van der Waals surface area contributed by atoms with Crippen LogP contribution >= 0.6 is 0 Å². The monoisotopic (exact) mass is 285 g/mol. The third-order valence-electron chi connectivity index (χ3n) is 5.49. The molecular formula is C19H27NO. The fraction of sp³-hybridized carbons (Fsp3) is 0.632. The molecule has 2 nitrogen and oxygen atoms in total. The molecule has 2 fully saturated rings. The quantitative estimate of drug-likeness (QED) is 0.820. The maximum Gasteiger partial charge on any atom is 0.228 e. The molecule has 1 aromatic rings. The number of rotatable bonds is 3. The van der Waals surface area contributed by atoms with E-state index in [0.717, 1.165) is 44.7 Å². The fourth-order valence-electron chi connectivity index (χ4n) is 4.04. The summed E-state index contributed by atoms with van der Waals surface area (Å²) in [5.41, 5.74) is 1.39. The number of hydrogen-bond acceptors (Lipinski definition) is 1. The molecule has 1 aliphatic carbocycles. The first-order valence-electron chi connectivity index (χ1n) is 8.51. The van der Waals surface area contributed by atoms with Gasteiger partial charge >= 0.3 is 0 Å². The van der Waals surface area contributed by atoms with E-state index >= 15 is 0 Å². The van der Waals surface area contributed by atoms with Crippen molar-refractivity contribution in [3.05, 3.63) is 35.9 Å². The van der Waals surface area contributed by atoms with E-state index in [4.69, 9.17) is 0 Å². The molecule has 3 rings (SSSR count). The Labute approximate surface area is 128 Å². The number of nitrogens with zero attached hydrogens (tertiary/aromatic N) is 1. The number of carbonyl (C=O) groups is 1. The summed E-state index contributed by atoms with van der Waals surface area (Å²) in [6, 6.07) is 10.8. The SMILES string of the molecule is CC1(C(=O)N2CCC(Cc3ccccc3)CC2)CCCC1. The zero-order valence-corrected chi connectivity index (χ0v) is 13.2. The van der Waals surface area contributed by atoms with E-state index in [2.05, 4.69) is 42.2 Å². The van der Waals surface area contributed by atoms with E-state index in [1.165, 1.54) is 24.8 Å². The Hall–Kier alpha value is -1.31. The van der Waals surface area contributed by atoms with Gasteiger partial charge in [-0.25, -0.2) is 0 Å². The second kappa shape index (κ2) is 6.21. The molecule has 0 radical (unpaired) electrons. The number of piperidine rings is 1. The van der Waals surface area contributed by atoms with Crippen LogP contribution in [0.15, 0.2) is 30.3 Å². The van der Waals surface area contributed by atoms with Gasteiger partial charge in [-0.05, 0) is 43.6 Å². The lowest BCUT2D eigenvalue weighted by molar-refractivity contribution is -0.142. The number of hydrogen-bond donors (Lipinski definition) is 0. The normalized spacial score (nSPS) is 22.4. The van der Waals surface area contributed by atoms with E-state index in [0.29, 0.717) is 5.91 Å². The van der Waals surface area contributed by atoms with Crippen LogP contribution in [0.3, 0.4) is 0 Å². The highest BCUT2D eigenvalue weighted by atomic mass is 16.2. The van der Waals surface area contributed by atoms with Gasteiger partial charge in [0.1, 0.15) is 0 Å². The van der Waals surface area contributed by atoms with Gasteiger partial charge in [0.15, 0.2) is 0 Å². The van der Waals surface area contributed by atoms with Gasteiger partial charge in [-0.15, -0.1) is 0 Å². The van der Waals surface area contributed by atoms with E-state index in [1.807, 2.05) is 0 Å². The minimum Gasteiger partial charge on any atom is -0.342 e. The number of benzene rings is 1. The first kappa shape index (κ1) is 14.6. The third-order valence-corrected chi connectivity index (χ3v) is 5.49. The molecule has 114 valence electrons. The summed E-state index contributed by atoms with van der Waals surface area (Å²) in [5, 5.41) is 0. The second-order valence-corrected chi connectivity index (χ2v) is 7.19. The maximum absolute atomic E-state index is 12.7. The Morgan fingerprint density at radius 2 is 1.76 bits per heavy atom. The Morgan fingerprint density at radius 3 is 2.38 bits per heavy atom. The molecule has 1 saturated heterocycles. The van der Waals surface area contributed by atoms with Crippen molar-refractivity contribution >= 4 is 5.91 Å². The van der Waals surface area contributed by atoms with Crippen LogP contribution in [-0.4, -0.2) is 23.9 Å². The molecule has 1 amide bonds. The van der Waals surface area contributed by atoms with E-state index in [1.54, 1.807) is 0 Å². The minimum absolute atomic E-state index is 0.0493. The van der Waals surface area contributed by atoms with Gasteiger partial charge in [-0.1, -0.05) is 50.1 Å². The Bertz CT molecular complexity index is 468. The lowest BCUT2D eigenvalue weighted by Gasteiger charge is -2.37. The summed E-state index contributed by atoms with van der Waals surface area (Å²) in [5.74, 6) is 1.17. The first-order chi connectivity index (χ1) is 10.2. The predicted octanol–water partition coefficient (Wildman–Crippen LogP) is 4.05. The highest BCUT2D eigenvalue weighted by Crippen LogP contribution is 2.40. The van der Waals surface area contributed by atoms with Crippen LogP contribution in [0.4, 0.5) is 0 Å². The standard InChI is InChI=1S/C19H27NO/c1-19(11-5-6-12-19)18(21)20-13-9-17(10-14-20)15-16-7-3-2-4-8-16/h2-4,7-8,17H,5-6,9-15H2,1H3. The van der Waals surface area contributed by atoms with Gasteiger partial charge in [0.25, 0.3) is 0 Å². The van der Waals surface area contributed by atoms with Crippen molar-refractivity contribution in [2.75, 3.05) is 13.1 Å². The molecule has 1 heterocycles. The molecule has 0 N–H and O–H groups in total. The zero-order chi connectivity index (χ0) is 14.7. The molecule has 0 atom stereocenters. The number of amides is 1. The number of likely N-dealkylation sites (tertiary alicyclic amines) is 1. The minimum atomic E-state index is -0.0493. The van der Waals surface area contributed by atoms with Crippen LogP contribution in [0.1, 0.15) is 51.0 Å². The summed E-state index contributed by atoms with van der Waals surface area (Å²) in [6.07, 6.45) is 8.14. The van der Waals surface area contributed by atoms with Crippen LogP contribution < -0.4 is 0 Å².